The minimum Gasteiger partial charge on any atom is -0.367 e. The SMILES string of the molecule is CC(C)(CNC(=O)N1CCN(c2ccccc2Cl)CC1)N1CCCCC1. The lowest BCUT2D eigenvalue weighted by Crippen LogP contribution is -2.57. The molecule has 0 radical (unpaired) electrons. The summed E-state index contributed by atoms with van der Waals surface area (Å²) < 4.78 is 0. The standard InChI is InChI=1S/C20H31ClN4O/c1-20(2,25-10-6-3-7-11-25)16-22-19(26)24-14-12-23(13-15-24)18-9-5-4-8-17(18)21/h4-5,8-9H,3,6-7,10-16H2,1-2H3,(H,22,26). The molecule has 1 aromatic carbocycles. The highest BCUT2D eigenvalue weighted by Gasteiger charge is 2.29. The molecule has 2 amide bonds. The number of piperazine rings is 1. The number of urea groups is 1. The van der Waals surface area contributed by atoms with Gasteiger partial charge in [0.1, 0.15) is 0 Å². The first-order valence-corrected chi connectivity index (χ1v) is 10.1. The third-order valence-corrected chi connectivity index (χ3v) is 5.96. The molecule has 0 bridgehead atoms. The van der Waals surface area contributed by atoms with Crippen molar-refractivity contribution >= 4 is 23.3 Å². The number of rotatable bonds is 4. The van der Waals surface area contributed by atoms with Crippen molar-refractivity contribution in [3.05, 3.63) is 29.3 Å². The van der Waals surface area contributed by atoms with Crippen LogP contribution in [-0.2, 0) is 0 Å². The van der Waals surface area contributed by atoms with Crippen molar-refractivity contribution in [1.82, 2.24) is 15.1 Å². The molecule has 26 heavy (non-hydrogen) atoms. The number of carbonyl (C=O) groups is 1. The fraction of sp³-hybridized carbons (Fsp3) is 0.650. The average molecular weight is 379 g/mol. The van der Waals surface area contributed by atoms with Crippen molar-refractivity contribution < 1.29 is 4.79 Å². The van der Waals surface area contributed by atoms with E-state index in [-0.39, 0.29) is 11.6 Å². The number of nitrogens with one attached hydrogen (secondary N) is 1. The highest BCUT2D eigenvalue weighted by Crippen LogP contribution is 2.26. The van der Waals surface area contributed by atoms with Crippen LogP contribution in [0.1, 0.15) is 33.1 Å². The van der Waals surface area contributed by atoms with Crippen LogP contribution in [0.25, 0.3) is 0 Å². The van der Waals surface area contributed by atoms with Gasteiger partial charge in [-0.1, -0.05) is 30.2 Å². The lowest BCUT2D eigenvalue weighted by Gasteiger charge is -2.42. The number of hydrogen-bond acceptors (Lipinski definition) is 3. The molecule has 2 heterocycles. The Morgan fingerprint density at radius 1 is 1.04 bits per heavy atom. The largest absolute Gasteiger partial charge is 0.367 e. The van der Waals surface area contributed by atoms with Gasteiger partial charge < -0.3 is 15.1 Å². The van der Waals surface area contributed by atoms with Gasteiger partial charge in [-0.25, -0.2) is 4.79 Å². The third-order valence-electron chi connectivity index (χ3n) is 5.64. The number of likely N-dealkylation sites (tertiary alicyclic amines) is 1. The maximum atomic E-state index is 12.6. The van der Waals surface area contributed by atoms with Gasteiger partial charge in [0.05, 0.1) is 10.7 Å². The van der Waals surface area contributed by atoms with Crippen molar-refractivity contribution in [2.45, 2.75) is 38.6 Å². The number of amides is 2. The second-order valence-corrected chi connectivity index (χ2v) is 8.35. The van der Waals surface area contributed by atoms with Gasteiger partial charge in [-0.3, -0.25) is 4.90 Å². The van der Waals surface area contributed by atoms with Gasteiger partial charge in [-0.2, -0.15) is 0 Å². The number of carbonyl (C=O) groups excluding carboxylic acids is 1. The normalized spacial score (nSPS) is 19.5. The zero-order chi connectivity index (χ0) is 18.6. The Hall–Kier alpha value is -1.46. The van der Waals surface area contributed by atoms with Crippen molar-refractivity contribution in [2.24, 2.45) is 0 Å². The van der Waals surface area contributed by atoms with Crippen LogP contribution in [-0.4, -0.2) is 67.2 Å². The molecule has 2 aliphatic heterocycles. The molecule has 1 aromatic rings. The summed E-state index contributed by atoms with van der Waals surface area (Å²) in [5, 5.41) is 3.93. The van der Waals surface area contributed by atoms with Crippen LogP contribution in [0.15, 0.2) is 24.3 Å². The highest BCUT2D eigenvalue weighted by molar-refractivity contribution is 6.33. The highest BCUT2D eigenvalue weighted by atomic mass is 35.5. The van der Waals surface area contributed by atoms with Gasteiger partial charge in [0.25, 0.3) is 0 Å². The molecule has 144 valence electrons. The second-order valence-electron chi connectivity index (χ2n) is 7.94. The first-order chi connectivity index (χ1) is 12.5. The molecular formula is C20H31ClN4O. The summed E-state index contributed by atoms with van der Waals surface area (Å²) in [5.74, 6) is 0. The summed E-state index contributed by atoms with van der Waals surface area (Å²) in [6.07, 6.45) is 3.86. The van der Waals surface area contributed by atoms with Crippen LogP contribution in [0.4, 0.5) is 10.5 Å². The number of para-hydroxylation sites is 1. The fourth-order valence-electron chi connectivity index (χ4n) is 3.87. The quantitative estimate of drug-likeness (QED) is 0.872. The van der Waals surface area contributed by atoms with Gasteiger partial charge in [0.15, 0.2) is 0 Å². The van der Waals surface area contributed by atoms with E-state index in [0.29, 0.717) is 6.54 Å². The van der Waals surface area contributed by atoms with Crippen LogP contribution in [0.5, 0.6) is 0 Å². The van der Waals surface area contributed by atoms with Gasteiger partial charge in [0.2, 0.25) is 0 Å². The number of benzene rings is 1. The monoisotopic (exact) mass is 378 g/mol. The van der Waals surface area contributed by atoms with Crippen molar-refractivity contribution in [3.63, 3.8) is 0 Å². The number of piperidine rings is 1. The predicted molar refractivity (Wildman–Crippen MR) is 108 cm³/mol. The van der Waals surface area contributed by atoms with Crippen LogP contribution in [0.3, 0.4) is 0 Å². The van der Waals surface area contributed by atoms with Crippen molar-refractivity contribution in [3.8, 4) is 0 Å². The lowest BCUT2D eigenvalue weighted by molar-refractivity contribution is 0.0937. The Morgan fingerprint density at radius 2 is 1.69 bits per heavy atom. The van der Waals surface area contributed by atoms with Crippen molar-refractivity contribution in [1.29, 1.82) is 0 Å². The van der Waals surface area contributed by atoms with Crippen LogP contribution in [0, 0.1) is 0 Å². The predicted octanol–water partition coefficient (Wildman–Crippen LogP) is 3.44. The van der Waals surface area contributed by atoms with Gasteiger partial charge in [0, 0.05) is 38.3 Å². The van der Waals surface area contributed by atoms with Crippen molar-refractivity contribution in [2.75, 3.05) is 50.7 Å². The minimum atomic E-state index is 0.00939. The second kappa shape index (κ2) is 8.49. The first-order valence-electron chi connectivity index (χ1n) is 9.75. The molecule has 2 fully saturated rings. The van der Waals surface area contributed by atoms with E-state index < -0.39 is 0 Å². The zero-order valence-corrected chi connectivity index (χ0v) is 16.8. The minimum absolute atomic E-state index is 0.00939. The average Bonchev–Trinajstić information content (AvgIpc) is 2.67. The maximum absolute atomic E-state index is 12.6. The topological polar surface area (TPSA) is 38.8 Å². The molecule has 0 aliphatic carbocycles. The summed E-state index contributed by atoms with van der Waals surface area (Å²) in [4.78, 5) is 19.3. The molecular weight excluding hydrogens is 348 g/mol. The Labute approximate surface area is 162 Å². The van der Waals surface area contributed by atoms with E-state index in [1.807, 2.05) is 29.2 Å². The Bertz CT molecular complexity index is 608. The Morgan fingerprint density at radius 3 is 2.35 bits per heavy atom. The van der Waals surface area contributed by atoms with E-state index >= 15 is 0 Å². The molecule has 0 spiro atoms. The Balaban J connectivity index is 1.47. The molecule has 2 saturated heterocycles. The van der Waals surface area contributed by atoms with E-state index in [1.165, 1.54) is 19.3 Å². The molecule has 0 saturated carbocycles. The summed E-state index contributed by atoms with van der Waals surface area (Å²) in [6, 6.07) is 7.95. The summed E-state index contributed by atoms with van der Waals surface area (Å²) in [5.41, 5.74) is 1.07. The van der Waals surface area contributed by atoms with Crippen LogP contribution >= 0.6 is 11.6 Å². The first kappa shape index (κ1) is 19.3. The van der Waals surface area contributed by atoms with Crippen LogP contribution in [0.2, 0.25) is 5.02 Å². The molecule has 0 atom stereocenters. The summed E-state index contributed by atoms with van der Waals surface area (Å²) in [6.45, 7) is 10.5. The van der Waals surface area contributed by atoms with Gasteiger partial charge >= 0.3 is 6.03 Å². The molecule has 5 nitrogen and oxygen atoms in total. The molecule has 6 heteroatoms. The lowest BCUT2D eigenvalue weighted by atomic mass is 9.98. The summed E-state index contributed by atoms with van der Waals surface area (Å²) in [7, 11) is 0. The van der Waals surface area contributed by atoms with E-state index in [1.54, 1.807) is 0 Å². The molecule has 2 aliphatic rings. The Kier molecular flexibility index (Phi) is 6.30. The molecule has 0 aromatic heterocycles. The van der Waals surface area contributed by atoms with E-state index in [2.05, 4.69) is 29.0 Å². The number of hydrogen-bond donors (Lipinski definition) is 1. The summed E-state index contributed by atoms with van der Waals surface area (Å²) >= 11 is 6.29. The van der Waals surface area contributed by atoms with E-state index in [0.717, 1.165) is 50.0 Å². The maximum Gasteiger partial charge on any atom is 0.317 e. The fourth-order valence-corrected chi connectivity index (χ4v) is 4.13. The van der Waals surface area contributed by atoms with E-state index in [4.69, 9.17) is 11.6 Å². The number of halogens is 1. The third kappa shape index (κ3) is 4.63. The molecule has 3 rings (SSSR count). The van der Waals surface area contributed by atoms with Gasteiger partial charge in [-0.15, -0.1) is 0 Å². The van der Waals surface area contributed by atoms with E-state index in [9.17, 15) is 4.79 Å². The molecule has 1 N–H and O–H groups in total. The number of nitrogens with zero attached hydrogens (tertiary/aromatic N) is 3. The zero-order valence-electron chi connectivity index (χ0n) is 16.0. The molecule has 0 unspecified atom stereocenters. The van der Waals surface area contributed by atoms with Gasteiger partial charge in [-0.05, 0) is 51.9 Å². The van der Waals surface area contributed by atoms with Crippen LogP contribution < -0.4 is 10.2 Å². The smallest absolute Gasteiger partial charge is 0.317 e. The number of anilines is 1.